The van der Waals surface area contributed by atoms with Gasteiger partial charge in [-0.25, -0.2) is 0 Å². The molecule has 4 nitrogen and oxygen atoms in total. The summed E-state index contributed by atoms with van der Waals surface area (Å²) < 4.78 is 1.91. The average molecular weight is 295 g/mol. The van der Waals surface area contributed by atoms with Gasteiger partial charge in [0.05, 0.1) is 5.56 Å². The third-order valence-electron chi connectivity index (χ3n) is 4.70. The van der Waals surface area contributed by atoms with Crippen LogP contribution in [0.3, 0.4) is 0 Å². The monoisotopic (exact) mass is 295 g/mol. The van der Waals surface area contributed by atoms with Crippen LogP contribution in [0.2, 0.25) is 0 Å². The molecule has 114 valence electrons. The zero-order valence-corrected chi connectivity index (χ0v) is 13.1. The standard InChI is InChI=1S/C18H21N3O/c1-13-6-5-7-14(2)21(13)18(22)12-20-11-15(10-19)16-8-3-4-9-17(16)20/h3-4,8-9,11,13-14H,5-7,12H2,1-2H3/t13-,14+. The molecule has 2 aromatic rings. The third kappa shape index (κ3) is 2.48. The Kier molecular flexibility index (Phi) is 3.89. The van der Waals surface area contributed by atoms with Crippen LogP contribution in [0.25, 0.3) is 10.9 Å². The van der Waals surface area contributed by atoms with Gasteiger partial charge in [-0.1, -0.05) is 18.2 Å². The number of fused-ring (bicyclic) bond motifs is 1. The van der Waals surface area contributed by atoms with Crippen molar-refractivity contribution in [2.45, 2.75) is 51.7 Å². The van der Waals surface area contributed by atoms with Gasteiger partial charge in [0, 0.05) is 29.2 Å². The summed E-state index contributed by atoms with van der Waals surface area (Å²) in [5.41, 5.74) is 1.58. The third-order valence-corrected chi connectivity index (χ3v) is 4.70. The topological polar surface area (TPSA) is 49.0 Å². The maximum Gasteiger partial charge on any atom is 0.242 e. The highest BCUT2D eigenvalue weighted by Gasteiger charge is 2.29. The molecule has 1 aromatic heterocycles. The molecule has 1 saturated heterocycles. The van der Waals surface area contributed by atoms with Crippen LogP contribution in [0.1, 0.15) is 38.7 Å². The van der Waals surface area contributed by atoms with E-state index in [0.717, 1.165) is 23.7 Å². The van der Waals surface area contributed by atoms with Crippen LogP contribution in [0.15, 0.2) is 30.5 Å². The lowest BCUT2D eigenvalue weighted by Gasteiger charge is -2.39. The molecule has 1 fully saturated rings. The maximum absolute atomic E-state index is 12.8. The van der Waals surface area contributed by atoms with Crippen LogP contribution in [-0.2, 0) is 11.3 Å². The normalized spacial score (nSPS) is 21.8. The van der Waals surface area contributed by atoms with Gasteiger partial charge in [0.2, 0.25) is 5.91 Å². The summed E-state index contributed by atoms with van der Waals surface area (Å²) in [7, 11) is 0. The summed E-state index contributed by atoms with van der Waals surface area (Å²) >= 11 is 0. The summed E-state index contributed by atoms with van der Waals surface area (Å²) in [6, 6.07) is 10.6. The highest BCUT2D eigenvalue weighted by molar-refractivity contribution is 5.88. The van der Waals surface area contributed by atoms with Crippen molar-refractivity contribution in [2.24, 2.45) is 0 Å². The number of benzene rings is 1. The number of hydrogen-bond acceptors (Lipinski definition) is 2. The summed E-state index contributed by atoms with van der Waals surface area (Å²) in [6.45, 7) is 4.56. The van der Waals surface area contributed by atoms with Crippen molar-refractivity contribution >= 4 is 16.8 Å². The van der Waals surface area contributed by atoms with Gasteiger partial charge >= 0.3 is 0 Å². The first kappa shape index (κ1) is 14.6. The zero-order chi connectivity index (χ0) is 15.7. The fourth-order valence-electron chi connectivity index (χ4n) is 3.61. The highest BCUT2D eigenvalue weighted by Crippen LogP contribution is 2.25. The van der Waals surface area contributed by atoms with Gasteiger partial charge in [-0.05, 0) is 39.2 Å². The van der Waals surface area contributed by atoms with Crippen molar-refractivity contribution in [3.8, 4) is 6.07 Å². The first-order valence-corrected chi connectivity index (χ1v) is 7.91. The number of nitrogens with zero attached hydrogens (tertiary/aromatic N) is 3. The molecule has 3 rings (SSSR count). The van der Waals surface area contributed by atoms with Gasteiger partial charge in [0.25, 0.3) is 0 Å². The number of aromatic nitrogens is 1. The van der Waals surface area contributed by atoms with E-state index < -0.39 is 0 Å². The largest absolute Gasteiger partial charge is 0.337 e. The molecule has 22 heavy (non-hydrogen) atoms. The van der Waals surface area contributed by atoms with Crippen LogP contribution in [-0.4, -0.2) is 27.5 Å². The Balaban J connectivity index is 1.90. The number of piperidine rings is 1. The molecule has 0 spiro atoms. The van der Waals surface area contributed by atoms with Crippen LogP contribution < -0.4 is 0 Å². The van der Waals surface area contributed by atoms with Crippen LogP contribution in [0.5, 0.6) is 0 Å². The zero-order valence-electron chi connectivity index (χ0n) is 13.1. The summed E-state index contributed by atoms with van der Waals surface area (Å²) in [5, 5.41) is 10.2. The Labute approximate surface area is 130 Å². The molecule has 0 radical (unpaired) electrons. The molecule has 2 atom stereocenters. The summed E-state index contributed by atoms with van der Waals surface area (Å²) in [5.74, 6) is 0.143. The fourth-order valence-corrected chi connectivity index (χ4v) is 3.61. The molecular formula is C18H21N3O. The van der Waals surface area contributed by atoms with Crippen molar-refractivity contribution in [3.05, 3.63) is 36.0 Å². The van der Waals surface area contributed by atoms with Gasteiger partial charge in [0.1, 0.15) is 12.6 Å². The van der Waals surface area contributed by atoms with E-state index in [1.807, 2.05) is 33.7 Å². The molecular weight excluding hydrogens is 274 g/mol. The Morgan fingerprint density at radius 3 is 2.64 bits per heavy atom. The van der Waals surface area contributed by atoms with E-state index in [-0.39, 0.29) is 5.91 Å². The Bertz CT molecular complexity index is 730. The SMILES string of the molecule is C[C@@H]1CCC[C@H](C)N1C(=O)Cn1cc(C#N)c2ccccc21. The van der Waals surface area contributed by atoms with Gasteiger partial charge in [-0.3, -0.25) is 4.79 Å². The van der Waals surface area contributed by atoms with Crippen molar-refractivity contribution in [3.63, 3.8) is 0 Å². The highest BCUT2D eigenvalue weighted by atomic mass is 16.2. The molecule has 0 unspecified atom stereocenters. The van der Waals surface area contributed by atoms with Gasteiger partial charge < -0.3 is 9.47 Å². The van der Waals surface area contributed by atoms with Gasteiger partial charge in [-0.2, -0.15) is 5.26 Å². The van der Waals surface area contributed by atoms with Crippen molar-refractivity contribution < 1.29 is 4.79 Å². The summed E-state index contributed by atoms with van der Waals surface area (Å²) in [4.78, 5) is 14.8. The van der Waals surface area contributed by atoms with E-state index in [1.54, 1.807) is 6.20 Å². The van der Waals surface area contributed by atoms with Gasteiger partial charge in [-0.15, -0.1) is 0 Å². The molecule has 0 saturated carbocycles. The number of rotatable bonds is 2. The number of para-hydroxylation sites is 1. The lowest BCUT2D eigenvalue weighted by atomic mass is 9.97. The predicted molar refractivity (Wildman–Crippen MR) is 86.3 cm³/mol. The fraction of sp³-hybridized carbons (Fsp3) is 0.444. The number of carbonyl (C=O) groups excluding carboxylic acids is 1. The van der Waals surface area contributed by atoms with E-state index in [4.69, 9.17) is 0 Å². The Morgan fingerprint density at radius 2 is 1.95 bits per heavy atom. The molecule has 0 aliphatic carbocycles. The van der Waals surface area contributed by atoms with E-state index in [9.17, 15) is 10.1 Å². The van der Waals surface area contributed by atoms with Crippen molar-refractivity contribution in [1.29, 1.82) is 5.26 Å². The second-order valence-electron chi connectivity index (χ2n) is 6.23. The molecule has 1 aliphatic heterocycles. The molecule has 1 amide bonds. The molecule has 1 aromatic carbocycles. The average Bonchev–Trinajstić information content (AvgIpc) is 2.85. The molecule has 0 bridgehead atoms. The molecule has 1 aliphatic rings. The number of amides is 1. The Morgan fingerprint density at radius 1 is 1.27 bits per heavy atom. The quantitative estimate of drug-likeness (QED) is 0.853. The minimum atomic E-state index is 0.143. The van der Waals surface area contributed by atoms with E-state index in [2.05, 4.69) is 19.9 Å². The smallest absolute Gasteiger partial charge is 0.242 e. The van der Waals surface area contributed by atoms with Gasteiger partial charge in [0.15, 0.2) is 0 Å². The molecule has 2 heterocycles. The molecule has 4 heteroatoms. The van der Waals surface area contributed by atoms with E-state index in [0.29, 0.717) is 24.2 Å². The number of likely N-dealkylation sites (tertiary alicyclic amines) is 1. The van der Waals surface area contributed by atoms with E-state index >= 15 is 0 Å². The maximum atomic E-state index is 12.8. The summed E-state index contributed by atoms with van der Waals surface area (Å²) in [6.07, 6.45) is 5.14. The van der Waals surface area contributed by atoms with E-state index in [1.165, 1.54) is 6.42 Å². The van der Waals surface area contributed by atoms with Crippen molar-refractivity contribution in [1.82, 2.24) is 9.47 Å². The minimum Gasteiger partial charge on any atom is -0.337 e. The second kappa shape index (κ2) is 5.84. The van der Waals surface area contributed by atoms with Crippen LogP contribution >= 0.6 is 0 Å². The van der Waals surface area contributed by atoms with Crippen LogP contribution in [0, 0.1) is 11.3 Å². The lowest BCUT2D eigenvalue weighted by Crippen LogP contribution is -2.48. The predicted octanol–water partition coefficient (Wildman–Crippen LogP) is 3.30. The number of nitriles is 1. The van der Waals surface area contributed by atoms with Crippen molar-refractivity contribution in [2.75, 3.05) is 0 Å². The Hall–Kier alpha value is -2.28. The minimum absolute atomic E-state index is 0.143. The lowest BCUT2D eigenvalue weighted by molar-refractivity contribution is -0.137. The number of hydrogen-bond donors (Lipinski definition) is 0. The number of carbonyl (C=O) groups is 1. The van der Waals surface area contributed by atoms with Crippen LogP contribution in [0.4, 0.5) is 0 Å². The first-order valence-electron chi connectivity index (χ1n) is 7.91. The molecule has 0 N–H and O–H groups in total. The second-order valence-corrected chi connectivity index (χ2v) is 6.23. The first-order chi connectivity index (χ1) is 10.6.